The van der Waals surface area contributed by atoms with E-state index < -0.39 is 17.5 Å². The third-order valence-electron chi connectivity index (χ3n) is 5.81. The van der Waals surface area contributed by atoms with Gasteiger partial charge in [0, 0.05) is 17.6 Å². The molecule has 0 radical (unpaired) electrons. The third kappa shape index (κ3) is 4.94. The van der Waals surface area contributed by atoms with Crippen LogP contribution in [0.25, 0.3) is 22.2 Å². The first-order valence-corrected chi connectivity index (χ1v) is 11.3. The number of nitrogens with one attached hydrogen (secondary N) is 1. The van der Waals surface area contributed by atoms with Gasteiger partial charge in [-0.25, -0.2) is 19.3 Å². The summed E-state index contributed by atoms with van der Waals surface area (Å²) in [5, 5.41) is 24.6. The first kappa shape index (κ1) is 23.8. The first-order valence-electron chi connectivity index (χ1n) is 11.0. The van der Waals surface area contributed by atoms with Gasteiger partial charge in [0.05, 0.1) is 41.4 Å². The van der Waals surface area contributed by atoms with Crippen LogP contribution in [0.1, 0.15) is 51.3 Å². The molecule has 1 aromatic carbocycles. The Bertz CT molecular complexity index is 1180. The van der Waals surface area contributed by atoms with Crippen molar-refractivity contribution >= 4 is 28.5 Å². The molecular weight excluding hydrogens is 447 g/mol. The summed E-state index contributed by atoms with van der Waals surface area (Å²) >= 11 is 6.40. The molecule has 3 heterocycles. The van der Waals surface area contributed by atoms with Crippen molar-refractivity contribution in [2.24, 2.45) is 0 Å². The molecule has 0 aliphatic carbocycles. The highest BCUT2D eigenvalue weighted by Gasteiger charge is 2.25. The van der Waals surface area contributed by atoms with Crippen LogP contribution in [0, 0.1) is 5.82 Å². The molecule has 3 aromatic rings. The maximum Gasteiger partial charge on any atom is 0.223 e. The van der Waals surface area contributed by atoms with E-state index in [2.05, 4.69) is 20.3 Å². The minimum atomic E-state index is -1.20. The van der Waals surface area contributed by atoms with Crippen molar-refractivity contribution in [3.63, 3.8) is 0 Å². The van der Waals surface area contributed by atoms with Crippen LogP contribution >= 0.6 is 11.6 Å². The van der Waals surface area contributed by atoms with Crippen LogP contribution in [0.4, 0.5) is 10.3 Å². The van der Waals surface area contributed by atoms with Gasteiger partial charge in [0.2, 0.25) is 5.95 Å². The molecule has 0 bridgehead atoms. The fraction of sp³-hybridized carbons (Fsp3) is 0.458. The highest BCUT2D eigenvalue weighted by Crippen LogP contribution is 2.35. The number of aromatic nitrogens is 3. The average Bonchev–Trinajstić information content (AvgIpc) is 2.75. The van der Waals surface area contributed by atoms with Gasteiger partial charge in [-0.05, 0) is 49.9 Å². The highest BCUT2D eigenvalue weighted by molar-refractivity contribution is 6.33. The van der Waals surface area contributed by atoms with Gasteiger partial charge in [0.25, 0.3) is 0 Å². The summed E-state index contributed by atoms with van der Waals surface area (Å²) < 4.78 is 20.6. The van der Waals surface area contributed by atoms with E-state index >= 15 is 4.39 Å². The number of hydrogen-bond donors (Lipinski definition) is 3. The lowest BCUT2D eigenvalue weighted by atomic mass is 9.92. The second-order valence-corrected chi connectivity index (χ2v) is 9.64. The van der Waals surface area contributed by atoms with Crippen molar-refractivity contribution in [1.29, 1.82) is 0 Å². The van der Waals surface area contributed by atoms with Crippen molar-refractivity contribution in [2.75, 3.05) is 18.5 Å². The number of nitrogens with zero attached hydrogens (tertiary/aromatic N) is 3. The zero-order chi connectivity index (χ0) is 23.9. The molecule has 2 atom stereocenters. The number of rotatable bonds is 5. The number of aliphatic hydroxyl groups excluding tert-OH is 1. The molecule has 0 amide bonds. The lowest BCUT2D eigenvalue weighted by Crippen LogP contribution is -2.42. The largest absolute Gasteiger partial charge is 0.389 e. The van der Waals surface area contributed by atoms with Gasteiger partial charge in [0.15, 0.2) is 0 Å². The van der Waals surface area contributed by atoms with Gasteiger partial charge in [-0.15, -0.1) is 0 Å². The molecule has 0 unspecified atom stereocenters. The molecule has 4 rings (SSSR count). The van der Waals surface area contributed by atoms with Crippen molar-refractivity contribution in [3.8, 4) is 11.3 Å². The second kappa shape index (κ2) is 9.10. The molecular formula is C24H28ClFN4O3. The SMILES string of the molecule is CC(C)c1cc(C(C)(C)O)nc2c(F)cc(-c3nc(N[C@@H]4CCOC[C@H]4O)ncc3Cl)cc12. The van der Waals surface area contributed by atoms with E-state index in [1.165, 1.54) is 12.3 Å². The summed E-state index contributed by atoms with van der Waals surface area (Å²) in [6.07, 6.45) is 1.39. The quantitative estimate of drug-likeness (QED) is 0.504. The summed E-state index contributed by atoms with van der Waals surface area (Å²) in [6, 6.07) is 4.72. The number of pyridine rings is 1. The molecule has 7 nitrogen and oxygen atoms in total. The number of fused-ring (bicyclic) bond motifs is 1. The van der Waals surface area contributed by atoms with Crippen LogP contribution in [-0.4, -0.2) is 50.5 Å². The van der Waals surface area contributed by atoms with Crippen LogP contribution in [0.3, 0.4) is 0 Å². The molecule has 1 aliphatic rings. The van der Waals surface area contributed by atoms with E-state index in [0.717, 1.165) is 5.56 Å². The van der Waals surface area contributed by atoms with Crippen LogP contribution in [0.15, 0.2) is 24.4 Å². The van der Waals surface area contributed by atoms with Gasteiger partial charge in [-0.1, -0.05) is 25.4 Å². The average molecular weight is 475 g/mol. The number of ether oxygens (including phenoxy) is 1. The summed E-state index contributed by atoms with van der Waals surface area (Å²) in [5.74, 6) is -0.167. The van der Waals surface area contributed by atoms with Gasteiger partial charge >= 0.3 is 0 Å². The second-order valence-electron chi connectivity index (χ2n) is 9.24. The molecule has 1 aliphatic heterocycles. The fourth-order valence-corrected chi connectivity index (χ4v) is 4.13. The Labute approximate surface area is 197 Å². The van der Waals surface area contributed by atoms with Gasteiger partial charge in [-0.3, -0.25) is 0 Å². The van der Waals surface area contributed by atoms with Crippen molar-refractivity contribution in [1.82, 2.24) is 15.0 Å². The molecule has 9 heteroatoms. The minimum Gasteiger partial charge on any atom is -0.389 e. The monoisotopic (exact) mass is 474 g/mol. The smallest absolute Gasteiger partial charge is 0.223 e. The molecule has 0 spiro atoms. The molecule has 33 heavy (non-hydrogen) atoms. The normalized spacial score (nSPS) is 19.3. The molecule has 1 saturated heterocycles. The summed E-state index contributed by atoms with van der Waals surface area (Å²) in [4.78, 5) is 13.1. The first-order chi connectivity index (χ1) is 15.5. The zero-order valence-electron chi connectivity index (χ0n) is 19.1. The van der Waals surface area contributed by atoms with Gasteiger partial charge in [-0.2, -0.15) is 0 Å². The Hall–Kier alpha value is -2.39. The maximum atomic E-state index is 15.3. The van der Waals surface area contributed by atoms with Gasteiger partial charge in [0.1, 0.15) is 16.9 Å². The predicted octanol–water partition coefficient (Wildman–Crippen LogP) is 4.40. The van der Waals surface area contributed by atoms with Crippen molar-refractivity contribution < 1.29 is 19.3 Å². The Morgan fingerprint density at radius 1 is 1.24 bits per heavy atom. The minimum absolute atomic E-state index is 0.0688. The molecule has 176 valence electrons. The van der Waals surface area contributed by atoms with E-state index in [4.69, 9.17) is 16.3 Å². The van der Waals surface area contributed by atoms with E-state index in [9.17, 15) is 10.2 Å². The lowest BCUT2D eigenvalue weighted by Gasteiger charge is -2.28. The maximum absolute atomic E-state index is 15.3. The van der Waals surface area contributed by atoms with E-state index in [-0.39, 0.29) is 29.1 Å². The standard InChI is InChI=1S/C24H28ClFN4O3/c1-12(2)14-9-20(24(3,4)32)29-22-15(14)7-13(8-17(22)26)21-16(25)10-27-23(30-21)28-18-5-6-33-11-19(18)31/h7-10,12,18-19,31-32H,5-6,11H2,1-4H3,(H,27,28,30)/t18-,19-/m1/s1. The van der Waals surface area contributed by atoms with Crippen LogP contribution in [0.2, 0.25) is 5.02 Å². The zero-order valence-corrected chi connectivity index (χ0v) is 19.8. The fourth-order valence-electron chi connectivity index (χ4n) is 3.93. The number of halogens is 2. The third-order valence-corrected chi connectivity index (χ3v) is 6.08. The summed E-state index contributed by atoms with van der Waals surface area (Å²) in [6.45, 7) is 8.04. The summed E-state index contributed by atoms with van der Waals surface area (Å²) in [7, 11) is 0. The number of aliphatic hydroxyl groups is 2. The van der Waals surface area contributed by atoms with Crippen LogP contribution < -0.4 is 5.32 Å². The number of anilines is 1. The molecule has 3 N–H and O–H groups in total. The Kier molecular flexibility index (Phi) is 6.55. The Morgan fingerprint density at radius 3 is 2.67 bits per heavy atom. The van der Waals surface area contributed by atoms with Crippen LogP contribution in [-0.2, 0) is 10.3 Å². The Morgan fingerprint density at radius 2 is 2.00 bits per heavy atom. The summed E-state index contributed by atoms with van der Waals surface area (Å²) in [5.41, 5.74) is 1.13. The molecule has 2 aromatic heterocycles. The molecule has 0 saturated carbocycles. The molecule has 1 fully saturated rings. The Balaban J connectivity index is 1.80. The number of benzene rings is 1. The van der Waals surface area contributed by atoms with Crippen molar-refractivity contribution in [3.05, 3.63) is 46.5 Å². The van der Waals surface area contributed by atoms with E-state index in [0.29, 0.717) is 41.3 Å². The van der Waals surface area contributed by atoms with Crippen LogP contribution in [0.5, 0.6) is 0 Å². The topological polar surface area (TPSA) is 100 Å². The number of hydrogen-bond acceptors (Lipinski definition) is 7. The van der Waals surface area contributed by atoms with Crippen molar-refractivity contribution in [2.45, 2.75) is 57.8 Å². The van der Waals surface area contributed by atoms with E-state index in [1.54, 1.807) is 13.8 Å². The predicted molar refractivity (Wildman–Crippen MR) is 126 cm³/mol. The van der Waals surface area contributed by atoms with E-state index in [1.807, 2.05) is 26.0 Å². The lowest BCUT2D eigenvalue weighted by molar-refractivity contribution is -0.0136. The highest BCUT2D eigenvalue weighted by atomic mass is 35.5. The van der Waals surface area contributed by atoms with Gasteiger partial charge < -0.3 is 20.3 Å².